The Labute approximate surface area is 129 Å². The van der Waals surface area contributed by atoms with Crippen molar-refractivity contribution in [1.29, 1.82) is 0 Å². The van der Waals surface area contributed by atoms with Gasteiger partial charge in [-0.1, -0.05) is 24.3 Å². The highest BCUT2D eigenvalue weighted by atomic mass is 16.4. The van der Waals surface area contributed by atoms with Gasteiger partial charge >= 0.3 is 5.97 Å². The van der Waals surface area contributed by atoms with E-state index in [0.717, 1.165) is 48.5 Å². The first kappa shape index (κ1) is 14.7. The summed E-state index contributed by atoms with van der Waals surface area (Å²) in [5, 5.41) is 20.0. The zero-order chi connectivity index (χ0) is 15.7. The van der Waals surface area contributed by atoms with E-state index in [1.807, 2.05) is 24.0 Å². The third-order valence-corrected chi connectivity index (χ3v) is 4.37. The van der Waals surface area contributed by atoms with E-state index in [1.165, 1.54) is 0 Å². The molecule has 1 aromatic carbocycles. The molecule has 0 aliphatic carbocycles. The molecular formula is C16H20N4O2. The maximum Gasteiger partial charge on any atom is 0.320 e. The van der Waals surface area contributed by atoms with E-state index < -0.39 is 12.0 Å². The Balaban J connectivity index is 1.83. The van der Waals surface area contributed by atoms with Crippen LogP contribution >= 0.6 is 0 Å². The van der Waals surface area contributed by atoms with Gasteiger partial charge < -0.3 is 10.0 Å². The normalized spacial score (nSPS) is 17.6. The predicted molar refractivity (Wildman–Crippen MR) is 85.2 cm³/mol. The molecule has 2 heterocycles. The molecule has 1 saturated heterocycles. The van der Waals surface area contributed by atoms with Gasteiger partial charge in [-0.05, 0) is 13.8 Å². The first-order valence-corrected chi connectivity index (χ1v) is 7.52. The van der Waals surface area contributed by atoms with Crippen LogP contribution in [0.1, 0.15) is 12.6 Å². The quantitative estimate of drug-likeness (QED) is 0.927. The van der Waals surface area contributed by atoms with Crippen molar-refractivity contribution in [2.75, 3.05) is 31.1 Å². The van der Waals surface area contributed by atoms with E-state index in [9.17, 15) is 4.79 Å². The van der Waals surface area contributed by atoms with Gasteiger partial charge in [0.25, 0.3) is 0 Å². The fourth-order valence-electron chi connectivity index (χ4n) is 2.93. The monoisotopic (exact) mass is 300 g/mol. The summed E-state index contributed by atoms with van der Waals surface area (Å²) in [4.78, 5) is 15.3. The van der Waals surface area contributed by atoms with Crippen molar-refractivity contribution in [2.45, 2.75) is 19.9 Å². The summed E-state index contributed by atoms with van der Waals surface area (Å²) in [7, 11) is 0. The minimum Gasteiger partial charge on any atom is -0.480 e. The van der Waals surface area contributed by atoms with Crippen molar-refractivity contribution in [2.24, 2.45) is 0 Å². The second-order valence-electron chi connectivity index (χ2n) is 5.69. The predicted octanol–water partition coefficient (Wildman–Crippen LogP) is 1.53. The van der Waals surface area contributed by atoms with E-state index >= 15 is 0 Å². The lowest BCUT2D eigenvalue weighted by Crippen LogP contribution is -2.52. The Morgan fingerprint density at radius 3 is 2.41 bits per heavy atom. The van der Waals surface area contributed by atoms with Crippen LogP contribution in [-0.4, -0.2) is 58.4 Å². The molecule has 0 radical (unpaired) electrons. The fraction of sp³-hybridized carbons (Fsp3) is 0.438. The number of hydrogen-bond acceptors (Lipinski definition) is 5. The van der Waals surface area contributed by atoms with Crippen molar-refractivity contribution in [3.05, 3.63) is 30.0 Å². The molecule has 1 unspecified atom stereocenters. The van der Waals surface area contributed by atoms with Gasteiger partial charge in [-0.2, -0.15) is 5.10 Å². The number of benzene rings is 1. The molecule has 0 amide bonds. The first-order valence-electron chi connectivity index (χ1n) is 7.52. The van der Waals surface area contributed by atoms with Crippen LogP contribution in [0.15, 0.2) is 24.3 Å². The third-order valence-electron chi connectivity index (χ3n) is 4.37. The van der Waals surface area contributed by atoms with Gasteiger partial charge in [-0.3, -0.25) is 9.69 Å². The van der Waals surface area contributed by atoms with Gasteiger partial charge in [0.05, 0.1) is 5.69 Å². The SMILES string of the molecule is Cc1nnc(N2CCN(C(C)C(=O)O)CC2)c2ccccc12. The minimum atomic E-state index is -0.769. The number of carboxylic acid groups (broad SMARTS) is 1. The second-order valence-corrected chi connectivity index (χ2v) is 5.69. The topological polar surface area (TPSA) is 69.6 Å². The molecule has 3 rings (SSSR count). The van der Waals surface area contributed by atoms with Crippen LogP contribution in [0.5, 0.6) is 0 Å². The van der Waals surface area contributed by atoms with Crippen LogP contribution in [0.3, 0.4) is 0 Å². The smallest absolute Gasteiger partial charge is 0.320 e. The number of carbonyl (C=O) groups is 1. The number of aryl methyl sites for hydroxylation is 1. The molecule has 0 saturated carbocycles. The maximum atomic E-state index is 11.1. The molecule has 0 spiro atoms. The lowest BCUT2D eigenvalue weighted by Gasteiger charge is -2.37. The van der Waals surface area contributed by atoms with Crippen LogP contribution in [0, 0.1) is 6.92 Å². The molecule has 116 valence electrons. The molecule has 1 aliphatic rings. The molecule has 1 fully saturated rings. The van der Waals surface area contributed by atoms with Crippen LogP contribution in [-0.2, 0) is 4.79 Å². The average Bonchev–Trinajstić information content (AvgIpc) is 2.55. The molecule has 1 aliphatic heterocycles. The average molecular weight is 300 g/mol. The highest BCUT2D eigenvalue weighted by Gasteiger charge is 2.26. The van der Waals surface area contributed by atoms with Gasteiger partial charge in [-0.25, -0.2) is 0 Å². The Kier molecular flexibility index (Phi) is 3.94. The lowest BCUT2D eigenvalue weighted by atomic mass is 10.1. The van der Waals surface area contributed by atoms with E-state index in [0.29, 0.717) is 0 Å². The van der Waals surface area contributed by atoms with Crippen molar-refractivity contribution in [1.82, 2.24) is 15.1 Å². The second kappa shape index (κ2) is 5.88. The van der Waals surface area contributed by atoms with Crippen LogP contribution < -0.4 is 4.90 Å². The number of piperazine rings is 1. The highest BCUT2D eigenvalue weighted by Crippen LogP contribution is 2.26. The number of fused-ring (bicyclic) bond motifs is 1. The molecule has 1 N–H and O–H groups in total. The molecule has 2 aromatic rings. The number of aromatic nitrogens is 2. The Morgan fingerprint density at radius 2 is 1.77 bits per heavy atom. The van der Waals surface area contributed by atoms with Crippen molar-refractivity contribution < 1.29 is 9.90 Å². The van der Waals surface area contributed by atoms with Crippen molar-refractivity contribution >= 4 is 22.6 Å². The summed E-state index contributed by atoms with van der Waals surface area (Å²) in [6, 6.07) is 7.70. The van der Waals surface area contributed by atoms with Gasteiger partial charge in [0.15, 0.2) is 5.82 Å². The number of carboxylic acids is 1. The maximum absolute atomic E-state index is 11.1. The van der Waals surface area contributed by atoms with Crippen molar-refractivity contribution in [3.8, 4) is 0 Å². The minimum absolute atomic E-state index is 0.442. The molecule has 1 atom stereocenters. The summed E-state index contributed by atoms with van der Waals surface area (Å²) >= 11 is 0. The third kappa shape index (κ3) is 2.62. The van der Waals surface area contributed by atoms with Crippen molar-refractivity contribution in [3.63, 3.8) is 0 Å². The summed E-state index contributed by atoms with van der Waals surface area (Å²) < 4.78 is 0. The van der Waals surface area contributed by atoms with Crippen LogP contribution in [0.2, 0.25) is 0 Å². The largest absolute Gasteiger partial charge is 0.480 e. The molecule has 1 aromatic heterocycles. The Hall–Kier alpha value is -2.21. The van der Waals surface area contributed by atoms with E-state index in [1.54, 1.807) is 6.92 Å². The number of rotatable bonds is 3. The Bertz CT molecular complexity index is 696. The molecule has 6 heteroatoms. The highest BCUT2D eigenvalue weighted by molar-refractivity contribution is 5.93. The van der Waals surface area contributed by atoms with E-state index in [2.05, 4.69) is 27.2 Å². The zero-order valence-corrected chi connectivity index (χ0v) is 12.9. The van der Waals surface area contributed by atoms with Gasteiger partial charge in [0.1, 0.15) is 6.04 Å². The van der Waals surface area contributed by atoms with E-state index in [-0.39, 0.29) is 0 Å². The fourth-order valence-corrected chi connectivity index (χ4v) is 2.93. The molecule has 6 nitrogen and oxygen atoms in total. The lowest BCUT2D eigenvalue weighted by molar-refractivity contribution is -0.142. The van der Waals surface area contributed by atoms with Crippen LogP contribution in [0.4, 0.5) is 5.82 Å². The number of aliphatic carboxylic acids is 1. The number of hydrogen-bond donors (Lipinski definition) is 1. The summed E-state index contributed by atoms with van der Waals surface area (Å²) in [5.41, 5.74) is 0.928. The van der Waals surface area contributed by atoms with Gasteiger partial charge in [-0.15, -0.1) is 5.10 Å². The molecular weight excluding hydrogens is 280 g/mol. The number of nitrogens with zero attached hydrogens (tertiary/aromatic N) is 4. The summed E-state index contributed by atoms with van der Waals surface area (Å²) in [5.74, 6) is 0.123. The zero-order valence-electron chi connectivity index (χ0n) is 12.9. The van der Waals surface area contributed by atoms with Gasteiger partial charge in [0.2, 0.25) is 0 Å². The Morgan fingerprint density at radius 1 is 1.14 bits per heavy atom. The molecule has 0 bridgehead atoms. The molecule has 22 heavy (non-hydrogen) atoms. The van der Waals surface area contributed by atoms with E-state index in [4.69, 9.17) is 5.11 Å². The summed E-state index contributed by atoms with van der Waals surface area (Å²) in [6.07, 6.45) is 0. The standard InChI is InChI=1S/C16H20N4O2/c1-11-13-5-3-4-6-14(13)15(18-17-11)20-9-7-19(8-10-20)12(2)16(21)22/h3-6,12H,7-10H2,1-2H3,(H,21,22). The number of anilines is 1. The summed E-state index contributed by atoms with van der Waals surface area (Å²) in [6.45, 7) is 6.66. The first-order chi connectivity index (χ1) is 10.6. The van der Waals surface area contributed by atoms with Gasteiger partial charge in [0, 0.05) is 37.0 Å². The van der Waals surface area contributed by atoms with Crippen LogP contribution in [0.25, 0.3) is 10.8 Å².